The van der Waals surface area contributed by atoms with Crippen LogP contribution in [0.3, 0.4) is 0 Å². The zero-order chi connectivity index (χ0) is 19.3. The van der Waals surface area contributed by atoms with Crippen molar-refractivity contribution in [2.45, 2.75) is 24.5 Å². The Bertz CT molecular complexity index is 913. The Labute approximate surface area is 150 Å². The van der Waals surface area contributed by atoms with E-state index in [0.717, 1.165) is 12.1 Å². The molecule has 0 aliphatic rings. The van der Waals surface area contributed by atoms with Gasteiger partial charge < -0.3 is 10.5 Å². The van der Waals surface area contributed by atoms with Gasteiger partial charge in [-0.05, 0) is 36.8 Å². The van der Waals surface area contributed by atoms with Crippen LogP contribution in [0.1, 0.15) is 22.8 Å². The maximum absolute atomic E-state index is 13.6. The predicted molar refractivity (Wildman–Crippen MR) is 90.9 cm³/mol. The van der Waals surface area contributed by atoms with Gasteiger partial charge in [-0.25, -0.2) is 12.8 Å². The number of carbonyl (C=O) groups excluding carboxylic acids is 2. The summed E-state index contributed by atoms with van der Waals surface area (Å²) in [5.41, 5.74) is 6.03. The molecule has 1 atom stereocenters. The molecule has 0 aliphatic heterocycles. The first-order chi connectivity index (χ1) is 12.2. The van der Waals surface area contributed by atoms with Gasteiger partial charge in [-0.2, -0.15) is 4.72 Å². The molecule has 0 fully saturated rings. The van der Waals surface area contributed by atoms with Crippen molar-refractivity contribution in [1.29, 1.82) is 0 Å². The monoisotopic (exact) mass is 380 g/mol. The lowest BCUT2D eigenvalue weighted by Gasteiger charge is -2.14. The zero-order valence-corrected chi connectivity index (χ0v) is 14.6. The van der Waals surface area contributed by atoms with Crippen LogP contribution in [0, 0.1) is 5.82 Å². The van der Waals surface area contributed by atoms with E-state index in [4.69, 9.17) is 10.5 Å². The van der Waals surface area contributed by atoms with Gasteiger partial charge in [0.2, 0.25) is 15.9 Å². The summed E-state index contributed by atoms with van der Waals surface area (Å²) in [7, 11) is -4.21. The van der Waals surface area contributed by atoms with E-state index in [1.807, 2.05) is 0 Å². The van der Waals surface area contributed by atoms with E-state index in [-0.39, 0.29) is 6.61 Å². The highest BCUT2D eigenvalue weighted by atomic mass is 32.2. The van der Waals surface area contributed by atoms with Gasteiger partial charge in [-0.3, -0.25) is 9.59 Å². The molecule has 26 heavy (non-hydrogen) atoms. The molecule has 3 N–H and O–H groups in total. The summed E-state index contributed by atoms with van der Waals surface area (Å²) in [4.78, 5) is 22.4. The average molecular weight is 380 g/mol. The summed E-state index contributed by atoms with van der Waals surface area (Å²) in [5.74, 6) is -2.33. The maximum atomic E-state index is 13.6. The Balaban J connectivity index is 1.97. The van der Waals surface area contributed by atoms with Crippen molar-refractivity contribution < 1.29 is 27.1 Å². The van der Waals surface area contributed by atoms with Crippen LogP contribution in [-0.2, 0) is 26.2 Å². The second-order valence-electron chi connectivity index (χ2n) is 5.44. The Morgan fingerprint density at radius 1 is 1.15 bits per heavy atom. The summed E-state index contributed by atoms with van der Waals surface area (Å²) in [5, 5.41) is 0. The quantitative estimate of drug-likeness (QED) is 0.703. The van der Waals surface area contributed by atoms with E-state index in [1.54, 1.807) is 12.1 Å². The van der Waals surface area contributed by atoms with Gasteiger partial charge in [0.25, 0.3) is 0 Å². The topological polar surface area (TPSA) is 116 Å². The predicted octanol–water partition coefficient (Wildman–Crippen LogP) is 1.33. The van der Waals surface area contributed by atoms with E-state index in [9.17, 15) is 22.4 Å². The summed E-state index contributed by atoms with van der Waals surface area (Å²) >= 11 is 0. The number of hydrogen-bond acceptors (Lipinski definition) is 5. The first kappa shape index (κ1) is 19.5. The molecule has 0 aliphatic carbocycles. The highest BCUT2D eigenvalue weighted by Gasteiger charge is 2.25. The van der Waals surface area contributed by atoms with Crippen molar-refractivity contribution in [2.75, 3.05) is 0 Å². The Morgan fingerprint density at radius 3 is 2.35 bits per heavy atom. The smallest absolute Gasteiger partial charge is 0.324 e. The number of benzene rings is 2. The van der Waals surface area contributed by atoms with Gasteiger partial charge in [-0.1, -0.05) is 24.3 Å². The van der Waals surface area contributed by atoms with Gasteiger partial charge in [0, 0.05) is 5.56 Å². The SMILES string of the molecule is C[C@H](NS(=O)(=O)c1ccccc1F)C(=O)OCc1ccc(C(N)=O)cc1. The van der Waals surface area contributed by atoms with Crippen molar-refractivity contribution in [3.8, 4) is 0 Å². The molecule has 7 nitrogen and oxygen atoms in total. The fourth-order valence-corrected chi connectivity index (χ4v) is 3.32. The molecule has 138 valence electrons. The van der Waals surface area contributed by atoms with Crippen molar-refractivity contribution in [2.24, 2.45) is 5.73 Å². The molecule has 0 bridgehead atoms. The van der Waals surface area contributed by atoms with Crippen LogP contribution in [0.15, 0.2) is 53.4 Å². The molecule has 9 heteroatoms. The second-order valence-corrected chi connectivity index (χ2v) is 7.12. The number of rotatable bonds is 7. The first-order valence-corrected chi connectivity index (χ1v) is 9.01. The normalized spacial score (nSPS) is 12.4. The molecule has 0 saturated heterocycles. The molecule has 0 saturated carbocycles. The van der Waals surface area contributed by atoms with Gasteiger partial charge in [-0.15, -0.1) is 0 Å². The fraction of sp³-hybridized carbons (Fsp3) is 0.176. The number of halogens is 1. The number of ether oxygens (including phenoxy) is 1. The zero-order valence-electron chi connectivity index (χ0n) is 13.8. The Morgan fingerprint density at radius 2 is 1.77 bits per heavy atom. The largest absolute Gasteiger partial charge is 0.460 e. The van der Waals surface area contributed by atoms with Crippen LogP contribution < -0.4 is 10.5 Å². The van der Waals surface area contributed by atoms with Gasteiger partial charge in [0.1, 0.15) is 23.4 Å². The molecule has 0 aromatic heterocycles. The average Bonchev–Trinajstić information content (AvgIpc) is 2.59. The van der Waals surface area contributed by atoms with Crippen LogP contribution in [0.4, 0.5) is 4.39 Å². The van der Waals surface area contributed by atoms with Gasteiger partial charge in [0.05, 0.1) is 0 Å². The van der Waals surface area contributed by atoms with Gasteiger partial charge >= 0.3 is 5.97 Å². The minimum Gasteiger partial charge on any atom is -0.460 e. The van der Waals surface area contributed by atoms with Crippen molar-refractivity contribution in [3.05, 3.63) is 65.5 Å². The molecular weight excluding hydrogens is 363 g/mol. The Hall–Kier alpha value is -2.78. The summed E-state index contributed by atoms with van der Waals surface area (Å²) < 4.78 is 45.0. The molecule has 0 radical (unpaired) electrons. The highest BCUT2D eigenvalue weighted by molar-refractivity contribution is 7.89. The lowest BCUT2D eigenvalue weighted by molar-refractivity contribution is -0.146. The van der Waals surface area contributed by atoms with E-state index in [0.29, 0.717) is 11.1 Å². The van der Waals surface area contributed by atoms with Crippen molar-refractivity contribution in [1.82, 2.24) is 4.72 Å². The number of carbonyl (C=O) groups is 2. The maximum Gasteiger partial charge on any atom is 0.324 e. The number of nitrogens with two attached hydrogens (primary N) is 1. The molecule has 0 spiro atoms. The molecule has 0 heterocycles. The fourth-order valence-electron chi connectivity index (χ4n) is 2.05. The number of primary amides is 1. The third kappa shape index (κ3) is 4.87. The summed E-state index contributed by atoms with van der Waals surface area (Å²) in [6.07, 6.45) is 0. The minimum absolute atomic E-state index is 0.121. The lowest BCUT2D eigenvalue weighted by Crippen LogP contribution is -2.39. The molecular formula is C17H17FN2O5S. The molecule has 2 aromatic carbocycles. The highest BCUT2D eigenvalue weighted by Crippen LogP contribution is 2.14. The van der Waals surface area contributed by atoms with E-state index in [2.05, 4.69) is 4.72 Å². The summed E-state index contributed by atoms with van der Waals surface area (Å²) in [6, 6.07) is 9.69. The third-order valence-corrected chi connectivity index (χ3v) is 5.01. The molecule has 1 amide bonds. The van der Waals surface area contributed by atoms with Gasteiger partial charge in [0.15, 0.2) is 0 Å². The van der Waals surface area contributed by atoms with Crippen LogP contribution >= 0.6 is 0 Å². The second kappa shape index (κ2) is 8.07. The number of hydrogen-bond donors (Lipinski definition) is 2. The third-order valence-electron chi connectivity index (χ3n) is 3.43. The molecule has 0 unspecified atom stereocenters. The molecule has 2 rings (SSSR count). The first-order valence-electron chi connectivity index (χ1n) is 7.53. The van der Waals surface area contributed by atoms with Crippen LogP contribution in [0.5, 0.6) is 0 Å². The number of esters is 1. The van der Waals surface area contributed by atoms with Crippen LogP contribution in [0.25, 0.3) is 0 Å². The van der Waals surface area contributed by atoms with E-state index < -0.39 is 38.7 Å². The van der Waals surface area contributed by atoms with E-state index >= 15 is 0 Å². The lowest BCUT2D eigenvalue weighted by atomic mass is 10.1. The molecule has 2 aromatic rings. The van der Waals surface area contributed by atoms with Crippen molar-refractivity contribution >= 4 is 21.9 Å². The van der Waals surface area contributed by atoms with E-state index in [1.165, 1.54) is 31.2 Å². The number of amides is 1. The standard InChI is InChI=1S/C17H17FN2O5S/c1-11(20-26(23,24)15-5-3-2-4-14(15)18)17(22)25-10-12-6-8-13(9-7-12)16(19)21/h2-9,11,20H,10H2,1H3,(H2,19,21)/t11-/m0/s1. The number of nitrogens with one attached hydrogen (secondary N) is 1. The van der Waals surface area contributed by atoms with Crippen LogP contribution in [-0.4, -0.2) is 26.3 Å². The van der Waals surface area contributed by atoms with Crippen LogP contribution in [0.2, 0.25) is 0 Å². The Kier molecular flexibility index (Phi) is 6.06. The summed E-state index contributed by atoms with van der Waals surface area (Å²) in [6.45, 7) is 1.17. The minimum atomic E-state index is -4.21. The number of sulfonamides is 1. The van der Waals surface area contributed by atoms with Crippen molar-refractivity contribution in [3.63, 3.8) is 0 Å².